The Morgan fingerprint density at radius 3 is 2.79 bits per heavy atom. The van der Waals surface area contributed by atoms with E-state index >= 15 is 0 Å². The van der Waals surface area contributed by atoms with Crippen LogP contribution in [0.25, 0.3) is 23.1 Å². The summed E-state index contributed by atoms with van der Waals surface area (Å²) in [7, 11) is 0. The topological polar surface area (TPSA) is 90.4 Å². The second-order valence-electron chi connectivity index (χ2n) is 6.67. The Hall–Kier alpha value is -3.87. The first kappa shape index (κ1) is 17.2. The molecule has 1 amide bonds. The van der Waals surface area contributed by atoms with Crippen molar-refractivity contribution in [1.82, 2.24) is 10.2 Å². The molecular weight excluding hydrogens is 370 g/mol. The average molecular weight is 387 g/mol. The monoisotopic (exact) mass is 387 g/mol. The van der Waals surface area contributed by atoms with Crippen LogP contribution >= 0.6 is 0 Å². The molecule has 0 aliphatic carbocycles. The van der Waals surface area contributed by atoms with E-state index in [1.807, 2.05) is 24.3 Å². The molecule has 0 unspecified atom stereocenters. The van der Waals surface area contributed by atoms with Gasteiger partial charge in [0.2, 0.25) is 5.89 Å². The molecule has 7 nitrogen and oxygen atoms in total. The Labute approximate surface area is 166 Å². The number of hydrogen-bond acceptors (Lipinski definition) is 6. The molecule has 0 saturated carbocycles. The molecule has 0 spiro atoms. The highest BCUT2D eigenvalue weighted by Crippen LogP contribution is 2.30. The van der Waals surface area contributed by atoms with Gasteiger partial charge in [0.25, 0.3) is 11.8 Å². The lowest BCUT2D eigenvalue weighted by atomic mass is 10.0. The molecule has 0 atom stereocenters. The van der Waals surface area contributed by atoms with Crippen LogP contribution < -0.4 is 10.1 Å². The molecule has 5 rings (SSSR count). The fraction of sp³-hybridized carbons (Fsp3) is 0.136. The maximum atomic E-state index is 12.8. The number of fused-ring (bicyclic) bond motifs is 1. The van der Waals surface area contributed by atoms with Crippen molar-refractivity contribution in [3.63, 3.8) is 0 Å². The summed E-state index contributed by atoms with van der Waals surface area (Å²) >= 11 is 0. The van der Waals surface area contributed by atoms with Crippen LogP contribution in [-0.4, -0.2) is 22.7 Å². The third-order valence-electron chi connectivity index (χ3n) is 4.70. The van der Waals surface area contributed by atoms with Crippen molar-refractivity contribution in [2.75, 3.05) is 11.9 Å². The highest BCUT2D eigenvalue weighted by atomic mass is 16.5. The first-order chi connectivity index (χ1) is 14.3. The second-order valence-corrected chi connectivity index (χ2v) is 6.67. The van der Waals surface area contributed by atoms with Gasteiger partial charge in [0.15, 0.2) is 5.76 Å². The number of anilines is 1. The zero-order valence-corrected chi connectivity index (χ0v) is 15.4. The van der Waals surface area contributed by atoms with Crippen molar-refractivity contribution in [1.29, 1.82) is 0 Å². The number of nitrogens with one attached hydrogen (secondary N) is 1. The molecule has 2 aromatic carbocycles. The average Bonchev–Trinajstić information content (AvgIpc) is 3.45. The van der Waals surface area contributed by atoms with Gasteiger partial charge in [-0.15, -0.1) is 10.2 Å². The van der Waals surface area contributed by atoms with Crippen molar-refractivity contribution >= 4 is 11.6 Å². The molecule has 0 bridgehead atoms. The van der Waals surface area contributed by atoms with Crippen molar-refractivity contribution in [2.24, 2.45) is 0 Å². The summed E-state index contributed by atoms with van der Waals surface area (Å²) in [5.74, 6) is 1.59. The summed E-state index contributed by atoms with van der Waals surface area (Å²) in [5, 5.41) is 11.0. The summed E-state index contributed by atoms with van der Waals surface area (Å²) in [6, 6.07) is 16.4. The van der Waals surface area contributed by atoms with Crippen LogP contribution in [0.1, 0.15) is 22.3 Å². The quantitative estimate of drug-likeness (QED) is 0.551. The van der Waals surface area contributed by atoms with Gasteiger partial charge in [-0.1, -0.05) is 18.2 Å². The number of rotatable bonds is 4. The van der Waals surface area contributed by atoms with Crippen LogP contribution in [0.2, 0.25) is 0 Å². The fourth-order valence-electron chi connectivity index (χ4n) is 3.34. The number of carbonyl (C=O) groups excluding carboxylic acids is 1. The molecule has 1 aliphatic heterocycles. The fourth-order valence-corrected chi connectivity index (χ4v) is 3.34. The van der Waals surface area contributed by atoms with E-state index in [0.29, 0.717) is 46.7 Å². The first-order valence-electron chi connectivity index (χ1n) is 9.32. The standard InChI is InChI=1S/C22H17N3O4/c26-20(17-9-2-5-14-7-3-12-28-19(14)17)23-16-8-1-6-15(13-16)21-24-25-22(29-21)18-10-4-11-27-18/h1-2,4-6,8-11,13H,3,7,12H2,(H,23,26). The second kappa shape index (κ2) is 7.27. The maximum absolute atomic E-state index is 12.8. The maximum Gasteiger partial charge on any atom is 0.283 e. The van der Waals surface area contributed by atoms with E-state index in [9.17, 15) is 4.79 Å². The van der Waals surface area contributed by atoms with Crippen molar-refractivity contribution in [2.45, 2.75) is 12.8 Å². The molecule has 0 radical (unpaired) electrons. The van der Waals surface area contributed by atoms with Crippen LogP contribution in [-0.2, 0) is 6.42 Å². The van der Waals surface area contributed by atoms with Crippen LogP contribution in [0.15, 0.2) is 69.7 Å². The number of para-hydroxylation sites is 1. The molecule has 7 heteroatoms. The molecule has 3 heterocycles. The zero-order chi connectivity index (χ0) is 19.6. The number of furan rings is 1. The summed E-state index contributed by atoms with van der Waals surface area (Å²) in [6.45, 7) is 0.627. The van der Waals surface area contributed by atoms with Gasteiger partial charge in [0.05, 0.1) is 18.4 Å². The Morgan fingerprint density at radius 2 is 1.90 bits per heavy atom. The number of benzene rings is 2. The number of nitrogens with zero attached hydrogens (tertiary/aromatic N) is 2. The number of carbonyl (C=O) groups is 1. The third kappa shape index (κ3) is 3.38. The Balaban J connectivity index is 1.39. The Kier molecular flexibility index (Phi) is 4.32. The van der Waals surface area contributed by atoms with E-state index in [2.05, 4.69) is 15.5 Å². The van der Waals surface area contributed by atoms with E-state index in [-0.39, 0.29) is 5.91 Å². The largest absolute Gasteiger partial charge is 0.492 e. The van der Waals surface area contributed by atoms with Crippen LogP contribution in [0.4, 0.5) is 5.69 Å². The Morgan fingerprint density at radius 1 is 1.00 bits per heavy atom. The Bertz CT molecular complexity index is 1160. The predicted octanol–water partition coefficient (Wildman–Crippen LogP) is 4.57. The number of hydrogen-bond donors (Lipinski definition) is 1. The predicted molar refractivity (Wildman–Crippen MR) is 106 cm³/mol. The van der Waals surface area contributed by atoms with Gasteiger partial charge in [-0.05, 0) is 54.8 Å². The minimum atomic E-state index is -0.220. The SMILES string of the molecule is O=C(Nc1cccc(-c2nnc(-c3ccco3)o2)c1)c1cccc2c1OCCC2. The van der Waals surface area contributed by atoms with E-state index in [4.69, 9.17) is 13.6 Å². The number of ether oxygens (including phenoxy) is 1. The molecule has 2 aromatic heterocycles. The summed E-state index contributed by atoms with van der Waals surface area (Å²) < 4.78 is 16.7. The highest BCUT2D eigenvalue weighted by Gasteiger charge is 2.19. The van der Waals surface area contributed by atoms with Gasteiger partial charge in [0.1, 0.15) is 5.75 Å². The van der Waals surface area contributed by atoms with Gasteiger partial charge in [0, 0.05) is 11.3 Å². The molecule has 1 N–H and O–H groups in total. The molecular formula is C22H17N3O4. The lowest BCUT2D eigenvalue weighted by Gasteiger charge is -2.19. The highest BCUT2D eigenvalue weighted by molar-refractivity contribution is 6.06. The molecule has 144 valence electrons. The van der Waals surface area contributed by atoms with Gasteiger partial charge in [-0.2, -0.15) is 0 Å². The zero-order valence-electron chi connectivity index (χ0n) is 15.4. The van der Waals surface area contributed by atoms with E-state index in [1.165, 1.54) is 0 Å². The van der Waals surface area contributed by atoms with Crippen molar-refractivity contribution < 1.29 is 18.4 Å². The van der Waals surface area contributed by atoms with Gasteiger partial charge >= 0.3 is 0 Å². The molecule has 1 aliphatic rings. The minimum absolute atomic E-state index is 0.220. The first-order valence-corrected chi connectivity index (χ1v) is 9.32. The van der Waals surface area contributed by atoms with E-state index < -0.39 is 0 Å². The number of aryl methyl sites for hydroxylation is 1. The van der Waals surface area contributed by atoms with Gasteiger partial charge in [-0.25, -0.2) is 0 Å². The summed E-state index contributed by atoms with van der Waals surface area (Å²) in [5.41, 5.74) is 2.91. The van der Waals surface area contributed by atoms with Crippen molar-refractivity contribution in [3.05, 3.63) is 72.0 Å². The molecule has 0 fully saturated rings. The third-order valence-corrected chi connectivity index (χ3v) is 4.70. The number of amides is 1. The summed E-state index contributed by atoms with van der Waals surface area (Å²) in [4.78, 5) is 12.8. The lowest BCUT2D eigenvalue weighted by molar-refractivity contribution is 0.102. The number of aromatic nitrogens is 2. The normalized spacial score (nSPS) is 12.8. The van der Waals surface area contributed by atoms with Crippen LogP contribution in [0.5, 0.6) is 5.75 Å². The van der Waals surface area contributed by atoms with E-state index in [1.54, 1.807) is 36.6 Å². The minimum Gasteiger partial charge on any atom is -0.492 e. The van der Waals surface area contributed by atoms with Crippen LogP contribution in [0, 0.1) is 0 Å². The van der Waals surface area contributed by atoms with Crippen LogP contribution in [0.3, 0.4) is 0 Å². The van der Waals surface area contributed by atoms with Gasteiger partial charge < -0.3 is 18.9 Å². The summed E-state index contributed by atoms with van der Waals surface area (Å²) in [6.07, 6.45) is 3.42. The van der Waals surface area contributed by atoms with E-state index in [0.717, 1.165) is 18.4 Å². The molecule has 29 heavy (non-hydrogen) atoms. The molecule has 0 saturated heterocycles. The smallest absolute Gasteiger partial charge is 0.283 e. The van der Waals surface area contributed by atoms with Gasteiger partial charge in [-0.3, -0.25) is 4.79 Å². The molecule has 4 aromatic rings. The van der Waals surface area contributed by atoms with Crippen molar-refractivity contribution in [3.8, 4) is 28.9 Å². The lowest BCUT2D eigenvalue weighted by Crippen LogP contribution is -2.17.